The molecule has 0 fully saturated rings. The van der Waals surface area contributed by atoms with Crippen LogP contribution in [0.1, 0.15) is 27.2 Å². The highest BCUT2D eigenvalue weighted by Gasteiger charge is 2.36. The minimum atomic E-state index is -4.54. The van der Waals surface area contributed by atoms with Crippen LogP contribution in [0.5, 0.6) is 0 Å². The second kappa shape index (κ2) is 8.16. The van der Waals surface area contributed by atoms with Crippen molar-refractivity contribution in [3.05, 3.63) is 0 Å². The lowest BCUT2D eigenvalue weighted by Crippen LogP contribution is -2.46. The Kier molecular flexibility index (Phi) is 8.00. The van der Waals surface area contributed by atoms with E-state index in [-0.39, 0.29) is 19.1 Å². The number of halogens is 3. The van der Waals surface area contributed by atoms with Crippen LogP contribution in [-0.2, 0) is 10.2 Å². The largest absolute Gasteiger partial charge is 0.402 e. The Morgan fingerprint density at radius 2 is 1.80 bits per heavy atom. The molecular weight excluding hydrogens is 295 g/mol. The van der Waals surface area contributed by atoms with Gasteiger partial charge in [-0.05, 0) is 13.0 Å². The van der Waals surface area contributed by atoms with E-state index >= 15 is 0 Å². The van der Waals surface area contributed by atoms with Crippen LogP contribution in [0.3, 0.4) is 0 Å². The summed E-state index contributed by atoms with van der Waals surface area (Å²) in [5.74, 6) is 0. The summed E-state index contributed by atoms with van der Waals surface area (Å²) in [6, 6.07) is 0.286. The monoisotopic (exact) mass is 319 g/mol. The van der Waals surface area contributed by atoms with Crippen LogP contribution in [0, 0.1) is 0 Å². The SMILES string of the molecule is CCN(CC(F)(F)F)S(=O)(=O)N(C)CCCNC(C)C. The van der Waals surface area contributed by atoms with E-state index in [0.29, 0.717) is 17.3 Å². The van der Waals surface area contributed by atoms with Crippen molar-refractivity contribution >= 4 is 10.2 Å². The van der Waals surface area contributed by atoms with Gasteiger partial charge in [-0.1, -0.05) is 20.8 Å². The number of hydrogen-bond acceptors (Lipinski definition) is 3. The lowest BCUT2D eigenvalue weighted by atomic mass is 10.3. The Balaban J connectivity index is 4.51. The van der Waals surface area contributed by atoms with Gasteiger partial charge >= 0.3 is 6.18 Å². The zero-order chi connectivity index (χ0) is 16.0. The molecule has 9 heteroatoms. The Morgan fingerprint density at radius 3 is 2.20 bits per heavy atom. The van der Waals surface area contributed by atoms with Crippen molar-refractivity contribution in [2.24, 2.45) is 0 Å². The minimum absolute atomic E-state index is 0.177. The van der Waals surface area contributed by atoms with Gasteiger partial charge in [-0.25, -0.2) is 0 Å². The average Bonchev–Trinajstić information content (AvgIpc) is 2.29. The van der Waals surface area contributed by atoms with Crippen molar-refractivity contribution in [2.45, 2.75) is 39.4 Å². The average molecular weight is 319 g/mol. The molecule has 0 aromatic carbocycles. The predicted molar refractivity (Wildman–Crippen MR) is 72.6 cm³/mol. The van der Waals surface area contributed by atoms with Crippen molar-refractivity contribution in [1.82, 2.24) is 13.9 Å². The lowest BCUT2D eigenvalue weighted by Gasteiger charge is -2.27. The zero-order valence-corrected chi connectivity index (χ0v) is 13.2. The summed E-state index contributed by atoms with van der Waals surface area (Å²) in [5, 5.41) is 3.12. The molecule has 0 unspecified atom stereocenters. The molecule has 0 amide bonds. The van der Waals surface area contributed by atoms with Crippen LogP contribution in [-0.4, -0.2) is 62.5 Å². The maximum atomic E-state index is 12.3. The van der Waals surface area contributed by atoms with E-state index in [1.165, 1.54) is 14.0 Å². The highest BCUT2D eigenvalue weighted by atomic mass is 32.2. The predicted octanol–water partition coefficient (Wildman–Crippen LogP) is 1.44. The summed E-state index contributed by atoms with van der Waals surface area (Å²) in [4.78, 5) is 0. The molecule has 0 aromatic heterocycles. The third-order valence-corrected chi connectivity index (χ3v) is 4.64. The highest BCUT2D eigenvalue weighted by Crippen LogP contribution is 2.19. The molecule has 0 aliphatic heterocycles. The molecule has 0 bridgehead atoms. The van der Waals surface area contributed by atoms with Crippen LogP contribution in [0.2, 0.25) is 0 Å². The molecule has 0 saturated heterocycles. The van der Waals surface area contributed by atoms with Gasteiger partial charge < -0.3 is 5.32 Å². The van der Waals surface area contributed by atoms with Crippen molar-refractivity contribution < 1.29 is 21.6 Å². The second-order valence-corrected chi connectivity index (χ2v) is 6.87. The molecule has 0 aliphatic rings. The minimum Gasteiger partial charge on any atom is -0.314 e. The summed E-state index contributed by atoms with van der Waals surface area (Å²) in [5.41, 5.74) is 0. The molecule has 20 heavy (non-hydrogen) atoms. The first-order valence-electron chi connectivity index (χ1n) is 6.52. The molecule has 0 aromatic rings. The fourth-order valence-electron chi connectivity index (χ4n) is 1.56. The van der Waals surface area contributed by atoms with Crippen LogP contribution in [0.4, 0.5) is 13.2 Å². The molecule has 0 aliphatic carbocycles. The molecule has 0 heterocycles. The van der Waals surface area contributed by atoms with Gasteiger partial charge in [0.1, 0.15) is 6.54 Å². The van der Waals surface area contributed by atoms with Gasteiger partial charge in [0.05, 0.1) is 0 Å². The van der Waals surface area contributed by atoms with Gasteiger partial charge in [-0.3, -0.25) is 0 Å². The van der Waals surface area contributed by atoms with Crippen molar-refractivity contribution in [2.75, 3.05) is 33.2 Å². The summed E-state index contributed by atoms with van der Waals surface area (Å²) in [6.07, 6.45) is -4.00. The third-order valence-electron chi connectivity index (χ3n) is 2.63. The van der Waals surface area contributed by atoms with E-state index in [1.807, 2.05) is 13.8 Å². The fraction of sp³-hybridized carbons (Fsp3) is 1.00. The Morgan fingerprint density at radius 1 is 1.25 bits per heavy atom. The second-order valence-electron chi connectivity index (χ2n) is 4.83. The van der Waals surface area contributed by atoms with Gasteiger partial charge in [-0.2, -0.15) is 30.2 Å². The number of nitrogens with zero attached hydrogens (tertiary/aromatic N) is 2. The molecule has 0 saturated carbocycles. The first-order chi connectivity index (χ1) is 9.00. The van der Waals surface area contributed by atoms with E-state index in [9.17, 15) is 21.6 Å². The maximum absolute atomic E-state index is 12.3. The topological polar surface area (TPSA) is 52.7 Å². The van der Waals surface area contributed by atoms with Gasteiger partial charge in [0.25, 0.3) is 10.2 Å². The molecule has 0 radical (unpaired) electrons. The van der Waals surface area contributed by atoms with Crippen LogP contribution >= 0.6 is 0 Å². The van der Waals surface area contributed by atoms with E-state index in [4.69, 9.17) is 0 Å². The molecule has 122 valence electrons. The standard InChI is InChI=1S/C11H24F3N3O2S/c1-5-17(9-11(12,13)14)20(18,19)16(4)8-6-7-15-10(2)3/h10,15H,5-9H2,1-4H3. The molecular formula is C11H24F3N3O2S. The van der Waals surface area contributed by atoms with E-state index in [0.717, 1.165) is 4.31 Å². The van der Waals surface area contributed by atoms with Crippen LogP contribution < -0.4 is 5.32 Å². The van der Waals surface area contributed by atoms with Gasteiger partial charge in [0, 0.05) is 26.2 Å². The third kappa shape index (κ3) is 7.41. The molecule has 0 rings (SSSR count). The van der Waals surface area contributed by atoms with E-state index in [2.05, 4.69) is 5.32 Å². The fourth-order valence-corrected chi connectivity index (χ4v) is 2.95. The smallest absolute Gasteiger partial charge is 0.314 e. The van der Waals surface area contributed by atoms with E-state index < -0.39 is 22.9 Å². The number of hydrogen-bond donors (Lipinski definition) is 1. The Bertz CT molecular complexity index is 372. The molecule has 5 nitrogen and oxygen atoms in total. The van der Waals surface area contributed by atoms with Gasteiger partial charge in [0.2, 0.25) is 0 Å². The first kappa shape index (κ1) is 19.6. The first-order valence-corrected chi connectivity index (χ1v) is 7.92. The zero-order valence-electron chi connectivity index (χ0n) is 12.4. The maximum Gasteiger partial charge on any atom is 0.402 e. The van der Waals surface area contributed by atoms with Crippen LogP contribution in [0.25, 0.3) is 0 Å². The van der Waals surface area contributed by atoms with Crippen molar-refractivity contribution in [3.8, 4) is 0 Å². The summed E-state index contributed by atoms with van der Waals surface area (Å²) in [7, 11) is -2.77. The van der Waals surface area contributed by atoms with Gasteiger partial charge in [-0.15, -0.1) is 0 Å². The number of alkyl halides is 3. The van der Waals surface area contributed by atoms with E-state index in [1.54, 1.807) is 0 Å². The summed E-state index contributed by atoms with van der Waals surface area (Å²) < 4.78 is 62.4. The summed E-state index contributed by atoms with van der Waals surface area (Å²) in [6.45, 7) is 4.43. The summed E-state index contributed by atoms with van der Waals surface area (Å²) >= 11 is 0. The molecule has 1 N–H and O–H groups in total. The van der Waals surface area contributed by atoms with Gasteiger partial charge in [0.15, 0.2) is 0 Å². The van der Waals surface area contributed by atoms with Crippen LogP contribution in [0.15, 0.2) is 0 Å². The quantitative estimate of drug-likeness (QED) is 0.654. The molecule has 0 atom stereocenters. The highest BCUT2D eigenvalue weighted by molar-refractivity contribution is 7.86. The van der Waals surface area contributed by atoms with Crippen molar-refractivity contribution in [3.63, 3.8) is 0 Å². The normalized spacial score (nSPS) is 13.7. The Labute approximate surface area is 119 Å². The Hall–Kier alpha value is -0.380. The number of rotatable bonds is 9. The van der Waals surface area contributed by atoms with Crippen molar-refractivity contribution in [1.29, 1.82) is 0 Å². The lowest BCUT2D eigenvalue weighted by molar-refractivity contribution is -0.136. The number of nitrogens with one attached hydrogen (secondary N) is 1. The molecule has 0 spiro atoms.